The molecule has 0 unspecified atom stereocenters. The molecule has 0 aliphatic heterocycles. The Hall–Kier alpha value is -2.04. The van der Waals surface area contributed by atoms with Gasteiger partial charge in [0.15, 0.2) is 0 Å². The zero-order chi connectivity index (χ0) is 13.6. The van der Waals surface area contributed by atoms with Crippen molar-refractivity contribution >= 4 is 0 Å². The lowest BCUT2D eigenvalue weighted by atomic mass is 9.84. The molecule has 0 saturated carbocycles. The zero-order valence-corrected chi connectivity index (χ0v) is 11.2. The van der Waals surface area contributed by atoms with Crippen LogP contribution in [0.15, 0.2) is 60.7 Å². The molecule has 0 N–H and O–H groups in total. The minimum Gasteiger partial charge on any atom is -0.353 e. The molecule has 0 aromatic heterocycles. The molecule has 0 atom stereocenters. The minimum absolute atomic E-state index is 0.303. The smallest absolute Gasteiger partial charge is 0.119 e. The average Bonchev–Trinajstić information content (AvgIpc) is 2.51. The molecule has 0 amide bonds. The van der Waals surface area contributed by atoms with Crippen LogP contribution in [-0.2, 0) is 10.3 Å². The van der Waals surface area contributed by atoms with E-state index in [1.54, 1.807) is 0 Å². The Morgan fingerprint density at radius 1 is 0.947 bits per heavy atom. The summed E-state index contributed by atoms with van der Waals surface area (Å²) in [6.45, 7) is 2.42. The quantitative estimate of drug-likeness (QED) is 0.729. The molecule has 0 aliphatic rings. The van der Waals surface area contributed by atoms with Crippen LogP contribution in [0, 0.1) is 12.3 Å². The number of benzene rings is 2. The van der Waals surface area contributed by atoms with Crippen LogP contribution in [0.25, 0.3) is 0 Å². The molecule has 2 rings (SSSR count). The predicted octanol–water partition coefficient (Wildman–Crippen LogP) is 3.99. The van der Waals surface area contributed by atoms with Crippen LogP contribution in [-0.4, -0.2) is 6.61 Å². The number of ether oxygens (including phenoxy) is 1. The molecule has 0 heterocycles. The van der Waals surface area contributed by atoms with Crippen LogP contribution in [0.1, 0.15) is 24.5 Å². The lowest BCUT2D eigenvalue weighted by molar-refractivity contribution is -0.00191. The Labute approximate surface area is 115 Å². The normalized spacial score (nSPS) is 10.9. The van der Waals surface area contributed by atoms with Crippen LogP contribution in [0.4, 0.5) is 0 Å². The van der Waals surface area contributed by atoms with Gasteiger partial charge in [-0.2, -0.15) is 0 Å². The molecular formula is C18H18O. The summed E-state index contributed by atoms with van der Waals surface area (Å²) in [6.07, 6.45) is 6.21. The summed E-state index contributed by atoms with van der Waals surface area (Å²) in [5, 5.41) is 0. The summed E-state index contributed by atoms with van der Waals surface area (Å²) in [4.78, 5) is 0. The van der Waals surface area contributed by atoms with Crippen molar-refractivity contribution < 1.29 is 4.74 Å². The highest BCUT2D eigenvalue weighted by Crippen LogP contribution is 2.36. The Balaban J connectivity index is 2.52. The first-order valence-corrected chi connectivity index (χ1v) is 6.52. The van der Waals surface area contributed by atoms with Gasteiger partial charge >= 0.3 is 0 Å². The van der Waals surface area contributed by atoms with Gasteiger partial charge in [0.05, 0.1) is 0 Å². The van der Waals surface area contributed by atoms with E-state index in [-0.39, 0.29) is 0 Å². The summed E-state index contributed by atoms with van der Waals surface area (Å²) in [5.41, 5.74) is 1.81. The maximum Gasteiger partial charge on any atom is 0.119 e. The molecule has 0 fully saturated rings. The van der Waals surface area contributed by atoms with Crippen molar-refractivity contribution in [2.24, 2.45) is 0 Å². The second-order valence-electron chi connectivity index (χ2n) is 4.41. The largest absolute Gasteiger partial charge is 0.353 e. The molecule has 96 valence electrons. The summed E-state index contributed by atoms with van der Waals surface area (Å²) in [5.74, 6) is 2.57. The maximum absolute atomic E-state index is 6.06. The maximum atomic E-state index is 6.06. The molecule has 1 heteroatoms. The third kappa shape index (κ3) is 2.70. The Morgan fingerprint density at radius 2 is 1.42 bits per heavy atom. The molecule has 0 aliphatic carbocycles. The molecule has 0 spiro atoms. The molecule has 1 nitrogen and oxygen atoms in total. The Bertz CT molecular complexity index is 497. The van der Waals surface area contributed by atoms with Crippen molar-refractivity contribution in [3.8, 4) is 12.3 Å². The number of hydrogen-bond donors (Lipinski definition) is 0. The number of hydrogen-bond acceptors (Lipinski definition) is 1. The van der Waals surface area contributed by atoms with Gasteiger partial charge in [0, 0.05) is 0 Å². The van der Waals surface area contributed by atoms with Crippen molar-refractivity contribution in [3.63, 3.8) is 0 Å². The molecular weight excluding hydrogens is 232 g/mol. The van der Waals surface area contributed by atoms with Crippen molar-refractivity contribution in [1.82, 2.24) is 0 Å². The molecule has 0 saturated heterocycles. The van der Waals surface area contributed by atoms with E-state index in [1.807, 2.05) is 36.4 Å². The van der Waals surface area contributed by atoms with Gasteiger partial charge in [0.2, 0.25) is 0 Å². The molecule has 0 bridgehead atoms. The van der Waals surface area contributed by atoms with Gasteiger partial charge in [-0.25, -0.2) is 0 Å². The van der Waals surface area contributed by atoms with Crippen LogP contribution in [0.3, 0.4) is 0 Å². The van der Waals surface area contributed by atoms with E-state index >= 15 is 0 Å². The van der Waals surface area contributed by atoms with Crippen LogP contribution in [0.2, 0.25) is 0 Å². The van der Waals surface area contributed by atoms with E-state index in [0.29, 0.717) is 6.61 Å². The van der Waals surface area contributed by atoms with Gasteiger partial charge in [-0.1, -0.05) is 73.5 Å². The Kier molecular flexibility index (Phi) is 4.39. The van der Waals surface area contributed by atoms with Crippen molar-refractivity contribution in [2.75, 3.05) is 6.61 Å². The number of terminal acetylenes is 1. The number of rotatable bonds is 5. The topological polar surface area (TPSA) is 9.23 Å². The lowest BCUT2D eigenvalue weighted by Crippen LogP contribution is -2.30. The molecule has 2 aromatic carbocycles. The second-order valence-corrected chi connectivity index (χ2v) is 4.41. The fourth-order valence-electron chi connectivity index (χ4n) is 2.42. The monoisotopic (exact) mass is 250 g/mol. The van der Waals surface area contributed by atoms with E-state index in [9.17, 15) is 0 Å². The predicted molar refractivity (Wildman–Crippen MR) is 78.7 cm³/mol. The summed E-state index contributed by atoms with van der Waals surface area (Å²) in [6, 6.07) is 20.5. The molecule has 2 aromatic rings. The van der Waals surface area contributed by atoms with Gasteiger partial charge in [-0.3, -0.25) is 0 Å². The Morgan fingerprint density at radius 3 is 1.79 bits per heavy atom. The first kappa shape index (κ1) is 13.4. The average molecular weight is 250 g/mol. The van der Waals surface area contributed by atoms with Gasteiger partial charge in [-0.15, -0.1) is 6.42 Å². The van der Waals surface area contributed by atoms with Crippen molar-refractivity contribution in [2.45, 2.75) is 18.9 Å². The van der Waals surface area contributed by atoms with E-state index in [1.165, 1.54) is 0 Å². The summed E-state index contributed by atoms with van der Waals surface area (Å²) >= 11 is 0. The fourth-order valence-corrected chi connectivity index (χ4v) is 2.42. The molecule has 0 radical (unpaired) electrons. The second kappa shape index (κ2) is 6.22. The fraction of sp³-hybridized carbons (Fsp3) is 0.222. The van der Waals surface area contributed by atoms with E-state index < -0.39 is 5.60 Å². The highest BCUT2D eigenvalue weighted by Gasteiger charge is 2.33. The lowest BCUT2D eigenvalue weighted by Gasteiger charge is -2.33. The van der Waals surface area contributed by atoms with Gasteiger partial charge in [0.1, 0.15) is 12.2 Å². The van der Waals surface area contributed by atoms with Crippen LogP contribution in [0.5, 0.6) is 0 Å². The highest BCUT2D eigenvalue weighted by molar-refractivity contribution is 5.36. The first-order valence-electron chi connectivity index (χ1n) is 6.52. The third-order valence-corrected chi connectivity index (χ3v) is 3.38. The van der Waals surface area contributed by atoms with Gasteiger partial charge in [0.25, 0.3) is 0 Å². The first-order chi connectivity index (χ1) is 9.33. The zero-order valence-electron chi connectivity index (χ0n) is 11.2. The van der Waals surface area contributed by atoms with Crippen molar-refractivity contribution in [1.29, 1.82) is 0 Å². The van der Waals surface area contributed by atoms with Gasteiger partial charge in [-0.05, 0) is 17.5 Å². The van der Waals surface area contributed by atoms with Crippen LogP contribution >= 0.6 is 0 Å². The SMILES string of the molecule is C#CCOC(CC)(c1ccccc1)c1ccccc1. The minimum atomic E-state index is -0.463. The van der Waals surface area contributed by atoms with E-state index in [0.717, 1.165) is 17.5 Å². The summed E-state index contributed by atoms with van der Waals surface area (Å²) < 4.78 is 6.06. The standard InChI is InChI=1S/C18H18O/c1-3-15-19-18(4-2,16-11-7-5-8-12-16)17-13-9-6-10-14-17/h1,5-14H,4,15H2,2H3. The van der Waals surface area contributed by atoms with Gasteiger partial charge < -0.3 is 4.74 Å². The van der Waals surface area contributed by atoms with E-state index in [4.69, 9.17) is 11.2 Å². The summed E-state index contributed by atoms with van der Waals surface area (Å²) in [7, 11) is 0. The van der Waals surface area contributed by atoms with E-state index in [2.05, 4.69) is 37.1 Å². The van der Waals surface area contributed by atoms with Crippen LogP contribution < -0.4 is 0 Å². The third-order valence-electron chi connectivity index (χ3n) is 3.38. The highest BCUT2D eigenvalue weighted by atomic mass is 16.5. The molecule has 19 heavy (non-hydrogen) atoms. The van der Waals surface area contributed by atoms with Crippen molar-refractivity contribution in [3.05, 3.63) is 71.8 Å².